The van der Waals surface area contributed by atoms with Gasteiger partial charge in [0.1, 0.15) is 0 Å². The Morgan fingerprint density at radius 2 is 1.66 bits per heavy atom. The predicted octanol–water partition coefficient (Wildman–Crippen LogP) is 4.39. The Bertz CT molecular complexity index is 855. The van der Waals surface area contributed by atoms with Gasteiger partial charge in [-0.2, -0.15) is 0 Å². The topological polar surface area (TPSA) is 102 Å². The molecule has 2 aromatic carbocycles. The first-order chi connectivity index (χ1) is 13.3. The molecule has 1 aliphatic rings. The van der Waals surface area contributed by atoms with Gasteiger partial charge in [-0.3, -0.25) is 10.1 Å². The molecule has 0 aromatic heterocycles. The number of hydrogen-bond donors (Lipinski definition) is 5. The first kappa shape index (κ1) is 22.5. The highest BCUT2D eigenvalue weighted by Gasteiger charge is 2.27. The van der Waals surface area contributed by atoms with Crippen molar-refractivity contribution >= 4 is 41.5 Å². The lowest BCUT2D eigenvalue weighted by Gasteiger charge is -2.37. The van der Waals surface area contributed by atoms with Gasteiger partial charge in [0.15, 0.2) is 0 Å². The highest BCUT2D eigenvalue weighted by molar-refractivity contribution is 6.06. The maximum Gasteiger partial charge on any atom is 0.409 e. The number of benzene rings is 2. The van der Waals surface area contributed by atoms with Gasteiger partial charge in [-0.05, 0) is 69.6 Å². The summed E-state index contributed by atoms with van der Waals surface area (Å²) in [4.78, 5) is 23.4. The summed E-state index contributed by atoms with van der Waals surface area (Å²) in [6, 6.07) is 14.4. The molecule has 7 nitrogen and oxygen atoms in total. The zero-order valence-electron chi connectivity index (χ0n) is 16.5. The monoisotopic (exact) mass is 418 g/mol. The maximum atomic E-state index is 12.5. The molecule has 0 spiro atoms. The molecule has 1 fully saturated rings. The van der Waals surface area contributed by atoms with E-state index >= 15 is 0 Å². The fraction of sp³-hybridized carbons (Fsp3) is 0.333. The van der Waals surface area contributed by atoms with Crippen LogP contribution < -0.4 is 21.3 Å². The summed E-state index contributed by atoms with van der Waals surface area (Å²) in [5.41, 5.74) is 2.34. The molecule has 0 aliphatic carbocycles. The fourth-order valence-electron chi connectivity index (χ4n) is 3.46. The Hall–Kier alpha value is -2.77. The minimum absolute atomic E-state index is 0. The number of amides is 2. The molecular weight excluding hydrogens is 392 g/mol. The van der Waals surface area contributed by atoms with E-state index in [-0.39, 0.29) is 23.9 Å². The van der Waals surface area contributed by atoms with Gasteiger partial charge in [-0.1, -0.05) is 12.1 Å². The number of anilines is 3. The van der Waals surface area contributed by atoms with Crippen molar-refractivity contribution < 1.29 is 14.7 Å². The van der Waals surface area contributed by atoms with Gasteiger partial charge in [0.2, 0.25) is 0 Å². The molecular formula is C21H27ClN4O3. The van der Waals surface area contributed by atoms with Crippen molar-refractivity contribution in [3.05, 3.63) is 54.1 Å². The third-order valence-corrected chi connectivity index (χ3v) is 4.79. The summed E-state index contributed by atoms with van der Waals surface area (Å²) in [7, 11) is 0. The normalized spacial score (nSPS) is 17.5. The van der Waals surface area contributed by atoms with Crippen LogP contribution in [0, 0.1) is 0 Å². The zero-order chi connectivity index (χ0) is 20.1. The number of halogens is 1. The van der Waals surface area contributed by atoms with E-state index < -0.39 is 6.09 Å². The zero-order valence-corrected chi connectivity index (χ0v) is 17.3. The molecule has 0 radical (unpaired) electrons. The van der Waals surface area contributed by atoms with Gasteiger partial charge in [-0.25, -0.2) is 4.79 Å². The third kappa shape index (κ3) is 6.37. The molecule has 0 saturated carbocycles. The summed E-state index contributed by atoms with van der Waals surface area (Å²) in [6.45, 7) is 5.38. The lowest BCUT2D eigenvalue weighted by molar-refractivity contribution is 0.102. The summed E-state index contributed by atoms with van der Waals surface area (Å²) in [5.74, 6) is -0.297. The molecule has 0 bridgehead atoms. The van der Waals surface area contributed by atoms with Gasteiger partial charge in [-0.15, -0.1) is 12.4 Å². The second kappa shape index (κ2) is 9.62. The van der Waals surface area contributed by atoms with E-state index in [2.05, 4.69) is 35.1 Å². The van der Waals surface area contributed by atoms with Crippen molar-refractivity contribution in [1.82, 2.24) is 5.32 Å². The van der Waals surface area contributed by atoms with Crippen molar-refractivity contribution in [2.45, 2.75) is 38.3 Å². The average molecular weight is 419 g/mol. The smallest absolute Gasteiger partial charge is 0.409 e. The van der Waals surface area contributed by atoms with E-state index in [0.29, 0.717) is 23.0 Å². The van der Waals surface area contributed by atoms with Gasteiger partial charge >= 0.3 is 6.09 Å². The molecule has 1 aliphatic heterocycles. The Balaban J connectivity index is 0.00000300. The van der Waals surface area contributed by atoms with Crippen LogP contribution in [0.15, 0.2) is 48.5 Å². The molecule has 2 aromatic rings. The Morgan fingerprint density at radius 3 is 2.24 bits per heavy atom. The first-order valence-corrected chi connectivity index (χ1v) is 9.34. The minimum Gasteiger partial charge on any atom is -0.465 e. The Morgan fingerprint density at radius 1 is 1.03 bits per heavy atom. The van der Waals surface area contributed by atoms with Crippen molar-refractivity contribution in [1.29, 1.82) is 0 Å². The van der Waals surface area contributed by atoms with Crippen LogP contribution in [0.3, 0.4) is 0 Å². The Labute approximate surface area is 176 Å². The molecule has 2 amide bonds. The van der Waals surface area contributed by atoms with Crippen LogP contribution in [0.25, 0.3) is 0 Å². The summed E-state index contributed by atoms with van der Waals surface area (Å²) in [5, 5.41) is 21.0. The van der Waals surface area contributed by atoms with Crippen LogP contribution in [0.1, 0.15) is 37.0 Å². The average Bonchev–Trinajstić information content (AvgIpc) is 2.62. The van der Waals surface area contributed by atoms with Gasteiger partial charge in [0.05, 0.1) is 11.4 Å². The van der Waals surface area contributed by atoms with Crippen LogP contribution in [-0.4, -0.2) is 35.2 Å². The predicted molar refractivity (Wildman–Crippen MR) is 118 cm³/mol. The lowest BCUT2D eigenvalue weighted by Crippen LogP contribution is -2.49. The number of nitrogens with one attached hydrogen (secondary N) is 4. The highest BCUT2D eigenvalue weighted by Crippen LogP contribution is 2.24. The number of hydrogen-bond acceptors (Lipinski definition) is 4. The number of carbonyl (C=O) groups excluding carboxylic acids is 1. The van der Waals surface area contributed by atoms with Crippen molar-refractivity contribution in [2.75, 3.05) is 22.5 Å². The van der Waals surface area contributed by atoms with E-state index in [0.717, 1.165) is 25.1 Å². The number of carbonyl (C=O) groups is 2. The second-order valence-corrected chi connectivity index (χ2v) is 7.65. The quantitative estimate of drug-likeness (QED) is 0.495. The van der Waals surface area contributed by atoms with Crippen molar-refractivity contribution in [3.63, 3.8) is 0 Å². The summed E-state index contributed by atoms with van der Waals surface area (Å²) in [6.07, 6.45) is 0.903. The molecule has 29 heavy (non-hydrogen) atoms. The number of rotatable bonds is 5. The van der Waals surface area contributed by atoms with Crippen LogP contribution in [0.5, 0.6) is 0 Å². The molecule has 156 valence electrons. The lowest BCUT2D eigenvalue weighted by atomic mass is 9.89. The third-order valence-electron chi connectivity index (χ3n) is 4.79. The van der Waals surface area contributed by atoms with Gasteiger partial charge in [0, 0.05) is 22.8 Å². The van der Waals surface area contributed by atoms with Crippen LogP contribution in [0.4, 0.5) is 21.9 Å². The number of carboxylic acid groups (broad SMARTS) is 1. The molecule has 5 N–H and O–H groups in total. The van der Waals surface area contributed by atoms with Gasteiger partial charge in [0.25, 0.3) is 5.91 Å². The number of piperidine rings is 1. The van der Waals surface area contributed by atoms with Crippen LogP contribution in [0.2, 0.25) is 0 Å². The minimum atomic E-state index is -1.18. The SMILES string of the molecule is CC1(C)CC(Nc2ccc(C(=O)Nc3ccccc3NC(=O)O)cc2)CCN1.Cl. The summed E-state index contributed by atoms with van der Waals surface area (Å²) < 4.78 is 0. The molecule has 1 heterocycles. The van der Waals surface area contributed by atoms with Crippen LogP contribution in [-0.2, 0) is 0 Å². The van der Waals surface area contributed by atoms with Crippen LogP contribution >= 0.6 is 12.4 Å². The van der Waals surface area contributed by atoms with E-state index in [4.69, 9.17) is 5.11 Å². The van der Waals surface area contributed by atoms with Gasteiger partial charge < -0.3 is 21.1 Å². The Kier molecular flexibility index (Phi) is 7.47. The first-order valence-electron chi connectivity index (χ1n) is 9.34. The molecule has 8 heteroatoms. The molecule has 1 unspecified atom stereocenters. The highest BCUT2D eigenvalue weighted by atomic mass is 35.5. The molecule has 1 saturated heterocycles. The largest absolute Gasteiger partial charge is 0.465 e. The maximum absolute atomic E-state index is 12.5. The summed E-state index contributed by atoms with van der Waals surface area (Å²) >= 11 is 0. The standard InChI is InChI=1S/C21H26N4O3.ClH/c1-21(2)13-16(11-12-22-21)23-15-9-7-14(8-10-15)19(26)24-17-5-3-4-6-18(17)25-20(27)28;/h3-10,16,22-23,25H,11-13H2,1-2H3,(H,24,26)(H,27,28);1H. The van der Waals surface area contributed by atoms with E-state index in [1.807, 2.05) is 12.1 Å². The van der Waals surface area contributed by atoms with E-state index in [9.17, 15) is 9.59 Å². The molecule has 1 atom stereocenters. The number of para-hydroxylation sites is 2. The second-order valence-electron chi connectivity index (χ2n) is 7.65. The molecule has 3 rings (SSSR count). The van der Waals surface area contributed by atoms with Crippen molar-refractivity contribution in [2.24, 2.45) is 0 Å². The van der Waals surface area contributed by atoms with E-state index in [1.54, 1.807) is 36.4 Å². The fourth-order valence-corrected chi connectivity index (χ4v) is 3.46. The van der Waals surface area contributed by atoms with Crippen molar-refractivity contribution in [3.8, 4) is 0 Å². The van der Waals surface area contributed by atoms with E-state index in [1.165, 1.54) is 0 Å².